The maximum atomic E-state index is 10.7. The Kier molecular flexibility index (Phi) is 2.97. The fourth-order valence-electron chi connectivity index (χ4n) is 1.04. The van der Waals surface area contributed by atoms with E-state index >= 15 is 0 Å². The van der Waals surface area contributed by atoms with Gasteiger partial charge in [0.1, 0.15) is 0 Å². The van der Waals surface area contributed by atoms with Crippen LogP contribution in [0.1, 0.15) is 13.8 Å². The van der Waals surface area contributed by atoms with Crippen LogP contribution in [0.3, 0.4) is 0 Å². The predicted octanol–water partition coefficient (Wildman–Crippen LogP) is -1.16. The molecule has 1 amide bonds. The van der Waals surface area contributed by atoms with Crippen molar-refractivity contribution in [3.63, 3.8) is 0 Å². The Hall–Kier alpha value is -1.43. The summed E-state index contributed by atoms with van der Waals surface area (Å²) in [4.78, 5) is 21.3. The topological polar surface area (TPSA) is 73.8 Å². The summed E-state index contributed by atoms with van der Waals surface area (Å²) in [7, 11) is 0. The van der Waals surface area contributed by atoms with E-state index in [1.54, 1.807) is 0 Å². The maximum absolute atomic E-state index is 10.7. The molecular weight excluding hydrogens is 172 g/mol. The van der Waals surface area contributed by atoms with E-state index in [9.17, 15) is 9.59 Å². The first-order chi connectivity index (χ1) is 6.13. The molecule has 13 heavy (non-hydrogen) atoms. The quantitative estimate of drug-likeness (QED) is 0.531. The average Bonchev–Trinajstić information content (AvgIpc) is 2.03. The van der Waals surface area contributed by atoms with Gasteiger partial charge in [-0.1, -0.05) is 0 Å². The minimum absolute atomic E-state index is 0.205. The predicted molar refractivity (Wildman–Crippen MR) is 46.6 cm³/mol. The van der Waals surface area contributed by atoms with Crippen molar-refractivity contribution in [1.29, 1.82) is 0 Å². The third kappa shape index (κ3) is 2.51. The van der Waals surface area contributed by atoms with Crippen LogP contribution in [0.5, 0.6) is 0 Å². The number of amides is 1. The SMILES string of the molecule is CC(=O)NN1CC(C)=NNC1C=O. The second kappa shape index (κ2) is 3.99. The van der Waals surface area contributed by atoms with Crippen LogP contribution in [0.4, 0.5) is 0 Å². The van der Waals surface area contributed by atoms with Crippen molar-refractivity contribution in [2.24, 2.45) is 5.10 Å². The molecule has 6 heteroatoms. The van der Waals surface area contributed by atoms with E-state index in [1.807, 2.05) is 6.92 Å². The Balaban J connectivity index is 2.64. The molecule has 0 aliphatic carbocycles. The van der Waals surface area contributed by atoms with Crippen molar-refractivity contribution in [2.75, 3.05) is 6.54 Å². The number of nitrogens with one attached hydrogen (secondary N) is 2. The van der Waals surface area contributed by atoms with E-state index in [0.717, 1.165) is 5.71 Å². The van der Waals surface area contributed by atoms with E-state index in [2.05, 4.69) is 16.0 Å². The third-order valence-electron chi connectivity index (χ3n) is 1.55. The summed E-state index contributed by atoms with van der Waals surface area (Å²) in [5.74, 6) is -0.205. The molecule has 0 spiro atoms. The highest BCUT2D eigenvalue weighted by atomic mass is 16.2. The second-order valence-corrected chi connectivity index (χ2v) is 2.85. The molecule has 0 saturated heterocycles. The van der Waals surface area contributed by atoms with Crippen molar-refractivity contribution < 1.29 is 9.59 Å². The Labute approximate surface area is 75.9 Å². The summed E-state index contributed by atoms with van der Waals surface area (Å²) < 4.78 is 0. The summed E-state index contributed by atoms with van der Waals surface area (Å²) in [5.41, 5.74) is 5.95. The normalized spacial score (nSPS) is 22.9. The molecule has 0 radical (unpaired) electrons. The monoisotopic (exact) mass is 184 g/mol. The van der Waals surface area contributed by atoms with Gasteiger partial charge in [-0.15, -0.1) is 0 Å². The van der Waals surface area contributed by atoms with Crippen LogP contribution in [-0.2, 0) is 9.59 Å². The lowest BCUT2D eigenvalue weighted by molar-refractivity contribution is -0.127. The highest BCUT2D eigenvalue weighted by Gasteiger charge is 2.22. The van der Waals surface area contributed by atoms with Gasteiger partial charge in [0, 0.05) is 6.92 Å². The van der Waals surface area contributed by atoms with Gasteiger partial charge in [-0.25, -0.2) is 0 Å². The van der Waals surface area contributed by atoms with Crippen LogP contribution in [0.25, 0.3) is 0 Å². The lowest BCUT2D eigenvalue weighted by Crippen LogP contribution is -2.58. The largest absolute Gasteiger partial charge is 0.299 e. The lowest BCUT2D eigenvalue weighted by atomic mass is 10.3. The van der Waals surface area contributed by atoms with Crippen molar-refractivity contribution in [1.82, 2.24) is 15.9 Å². The zero-order valence-corrected chi connectivity index (χ0v) is 7.57. The van der Waals surface area contributed by atoms with Gasteiger partial charge in [-0.3, -0.25) is 20.4 Å². The molecule has 0 fully saturated rings. The smallest absolute Gasteiger partial charge is 0.231 e. The van der Waals surface area contributed by atoms with Crippen LogP contribution < -0.4 is 10.9 Å². The molecular formula is C7H12N4O2. The molecule has 0 bridgehead atoms. The van der Waals surface area contributed by atoms with E-state index in [-0.39, 0.29) is 5.91 Å². The van der Waals surface area contributed by atoms with Crippen LogP contribution >= 0.6 is 0 Å². The summed E-state index contributed by atoms with van der Waals surface area (Å²) in [6, 6.07) is 0. The number of nitrogens with zero attached hydrogens (tertiary/aromatic N) is 2. The number of hydrogen-bond donors (Lipinski definition) is 2. The van der Waals surface area contributed by atoms with Crippen LogP contribution in [0, 0.1) is 0 Å². The number of hydrazone groups is 1. The fourth-order valence-corrected chi connectivity index (χ4v) is 1.04. The Morgan fingerprint density at radius 3 is 3.08 bits per heavy atom. The van der Waals surface area contributed by atoms with Gasteiger partial charge in [0.2, 0.25) is 5.91 Å². The summed E-state index contributed by atoms with van der Waals surface area (Å²) in [5, 5.41) is 5.38. The van der Waals surface area contributed by atoms with Crippen molar-refractivity contribution in [3.05, 3.63) is 0 Å². The first-order valence-electron chi connectivity index (χ1n) is 3.91. The Morgan fingerprint density at radius 2 is 2.54 bits per heavy atom. The summed E-state index contributed by atoms with van der Waals surface area (Å²) in [6.07, 6.45) is 0.110. The molecule has 0 aromatic rings. The molecule has 72 valence electrons. The zero-order chi connectivity index (χ0) is 9.84. The van der Waals surface area contributed by atoms with Crippen LogP contribution in [0.2, 0.25) is 0 Å². The fraction of sp³-hybridized carbons (Fsp3) is 0.571. The Morgan fingerprint density at radius 1 is 1.85 bits per heavy atom. The van der Waals surface area contributed by atoms with Crippen molar-refractivity contribution in [3.8, 4) is 0 Å². The van der Waals surface area contributed by atoms with Crippen LogP contribution in [-0.4, -0.2) is 35.6 Å². The third-order valence-corrected chi connectivity index (χ3v) is 1.55. The first kappa shape index (κ1) is 9.66. The molecule has 1 aliphatic heterocycles. The molecule has 1 unspecified atom stereocenters. The number of carbonyl (C=O) groups is 2. The average molecular weight is 184 g/mol. The number of aldehydes is 1. The van der Waals surface area contributed by atoms with E-state index < -0.39 is 6.17 Å². The highest BCUT2D eigenvalue weighted by molar-refractivity contribution is 5.85. The molecule has 6 nitrogen and oxygen atoms in total. The summed E-state index contributed by atoms with van der Waals surface area (Å²) >= 11 is 0. The zero-order valence-electron chi connectivity index (χ0n) is 7.57. The van der Waals surface area contributed by atoms with Gasteiger partial charge in [0.25, 0.3) is 0 Å². The molecule has 0 saturated carbocycles. The molecule has 0 aromatic heterocycles. The molecule has 1 rings (SSSR count). The van der Waals surface area contributed by atoms with Crippen LogP contribution in [0.15, 0.2) is 5.10 Å². The number of carbonyl (C=O) groups excluding carboxylic acids is 2. The van der Waals surface area contributed by atoms with Crippen molar-refractivity contribution >= 4 is 17.9 Å². The van der Waals surface area contributed by atoms with Gasteiger partial charge < -0.3 is 0 Å². The molecule has 2 N–H and O–H groups in total. The van der Waals surface area contributed by atoms with Crippen molar-refractivity contribution in [2.45, 2.75) is 20.0 Å². The first-order valence-corrected chi connectivity index (χ1v) is 3.91. The van der Waals surface area contributed by atoms with Gasteiger partial charge >= 0.3 is 0 Å². The standard InChI is InChI=1S/C7H12N4O2/c1-5-3-11(10-6(2)13)7(4-12)9-8-5/h4,7,9H,3H2,1-2H3,(H,10,13). The molecule has 1 aliphatic rings. The van der Waals surface area contributed by atoms with E-state index in [4.69, 9.17) is 0 Å². The Bertz CT molecular complexity index is 251. The molecule has 1 atom stereocenters. The van der Waals surface area contributed by atoms with E-state index in [0.29, 0.717) is 12.8 Å². The van der Waals surface area contributed by atoms with E-state index in [1.165, 1.54) is 11.9 Å². The molecule has 0 aromatic carbocycles. The van der Waals surface area contributed by atoms with Gasteiger partial charge in [0.05, 0.1) is 12.3 Å². The highest BCUT2D eigenvalue weighted by Crippen LogP contribution is 1.96. The molecule has 1 heterocycles. The minimum atomic E-state index is -0.576. The van der Waals surface area contributed by atoms with Gasteiger partial charge in [-0.2, -0.15) is 10.1 Å². The lowest BCUT2D eigenvalue weighted by Gasteiger charge is -2.30. The van der Waals surface area contributed by atoms with Gasteiger partial charge in [0.15, 0.2) is 12.5 Å². The number of hydrogen-bond acceptors (Lipinski definition) is 5. The number of hydrazine groups is 1. The second-order valence-electron chi connectivity index (χ2n) is 2.85. The summed E-state index contributed by atoms with van der Waals surface area (Å²) in [6.45, 7) is 3.65. The minimum Gasteiger partial charge on any atom is -0.299 e. The maximum Gasteiger partial charge on any atom is 0.231 e. The van der Waals surface area contributed by atoms with Gasteiger partial charge in [-0.05, 0) is 6.92 Å². The number of rotatable bonds is 2.